The first kappa shape index (κ1) is 13.1. The fourth-order valence-corrected chi connectivity index (χ4v) is 3.20. The molecule has 0 bridgehead atoms. The number of hydrogen-bond acceptors (Lipinski definition) is 2. The number of rotatable bonds is 3. The van der Waals surface area contributed by atoms with Gasteiger partial charge < -0.3 is 10.2 Å². The first-order valence-electron chi connectivity index (χ1n) is 6.36. The van der Waals surface area contributed by atoms with Gasteiger partial charge in [-0.3, -0.25) is 0 Å². The Morgan fingerprint density at radius 2 is 2.18 bits per heavy atom. The van der Waals surface area contributed by atoms with Crippen molar-refractivity contribution in [1.29, 1.82) is 0 Å². The van der Waals surface area contributed by atoms with Crippen LogP contribution >= 0.6 is 15.9 Å². The van der Waals surface area contributed by atoms with Crippen LogP contribution in [0.4, 0.5) is 0 Å². The van der Waals surface area contributed by atoms with E-state index in [1.54, 1.807) is 0 Å². The quantitative estimate of drug-likeness (QED) is 0.921. The third-order valence-corrected chi connectivity index (χ3v) is 4.20. The second-order valence-electron chi connectivity index (χ2n) is 5.01. The van der Waals surface area contributed by atoms with Gasteiger partial charge in [0, 0.05) is 23.1 Å². The predicted octanol–water partition coefficient (Wildman–Crippen LogP) is 3.19. The second-order valence-corrected chi connectivity index (χ2v) is 5.87. The van der Waals surface area contributed by atoms with E-state index in [2.05, 4.69) is 64.4 Å². The molecule has 0 aromatic heterocycles. The van der Waals surface area contributed by atoms with E-state index in [4.69, 9.17) is 0 Å². The predicted molar refractivity (Wildman–Crippen MR) is 76.2 cm³/mol. The monoisotopic (exact) mass is 296 g/mol. The molecule has 0 spiro atoms. The molecule has 3 heteroatoms. The molecule has 1 N–H and O–H groups in total. The largest absolute Gasteiger partial charge is 0.306 e. The van der Waals surface area contributed by atoms with Crippen molar-refractivity contribution in [2.45, 2.75) is 31.8 Å². The van der Waals surface area contributed by atoms with Crippen LogP contribution in [0.25, 0.3) is 0 Å². The van der Waals surface area contributed by atoms with E-state index in [1.165, 1.54) is 29.4 Å². The summed E-state index contributed by atoms with van der Waals surface area (Å²) in [5.41, 5.74) is 1.35. The maximum absolute atomic E-state index is 3.73. The molecule has 2 nitrogen and oxygen atoms in total. The SMILES string of the molecule is CC(NC1CCCN(C)C1)c1ccccc1Br. The van der Waals surface area contributed by atoms with Gasteiger partial charge in [-0.25, -0.2) is 0 Å². The maximum Gasteiger partial charge on any atom is 0.0306 e. The minimum Gasteiger partial charge on any atom is -0.306 e. The smallest absolute Gasteiger partial charge is 0.0306 e. The zero-order valence-corrected chi connectivity index (χ0v) is 12.2. The Bertz CT molecular complexity index is 367. The lowest BCUT2D eigenvalue weighted by Gasteiger charge is -2.32. The van der Waals surface area contributed by atoms with E-state index in [9.17, 15) is 0 Å². The number of piperidine rings is 1. The normalized spacial score (nSPS) is 23.6. The fourth-order valence-electron chi connectivity index (χ4n) is 2.57. The zero-order valence-electron chi connectivity index (χ0n) is 10.6. The van der Waals surface area contributed by atoms with Gasteiger partial charge in [-0.05, 0) is 45.0 Å². The second kappa shape index (κ2) is 5.98. The molecule has 0 aliphatic carbocycles. The number of hydrogen-bond donors (Lipinski definition) is 1. The molecule has 1 aliphatic rings. The molecule has 1 aromatic rings. The summed E-state index contributed by atoms with van der Waals surface area (Å²) >= 11 is 3.62. The summed E-state index contributed by atoms with van der Waals surface area (Å²) in [4.78, 5) is 2.41. The van der Waals surface area contributed by atoms with Crippen LogP contribution < -0.4 is 5.32 Å². The van der Waals surface area contributed by atoms with Crippen molar-refractivity contribution >= 4 is 15.9 Å². The Hall–Kier alpha value is -0.380. The average molecular weight is 297 g/mol. The molecule has 94 valence electrons. The van der Waals surface area contributed by atoms with E-state index in [0.717, 1.165) is 6.54 Å². The highest BCUT2D eigenvalue weighted by atomic mass is 79.9. The summed E-state index contributed by atoms with van der Waals surface area (Å²) in [5, 5.41) is 3.73. The lowest BCUT2D eigenvalue weighted by molar-refractivity contribution is 0.218. The molecule has 17 heavy (non-hydrogen) atoms. The lowest BCUT2D eigenvalue weighted by Crippen LogP contribution is -2.44. The first-order chi connectivity index (χ1) is 8.16. The number of nitrogens with one attached hydrogen (secondary N) is 1. The number of likely N-dealkylation sites (N-methyl/N-ethyl adjacent to an activating group) is 1. The molecular formula is C14H21BrN2. The Kier molecular flexibility index (Phi) is 4.60. The molecule has 2 unspecified atom stereocenters. The summed E-state index contributed by atoms with van der Waals surface area (Å²) in [7, 11) is 2.21. The molecule has 1 aromatic carbocycles. The van der Waals surface area contributed by atoms with Crippen LogP contribution in [0.1, 0.15) is 31.4 Å². The molecule has 1 aliphatic heterocycles. The first-order valence-corrected chi connectivity index (χ1v) is 7.15. The lowest BCUT2D eigenvalue weighted by atomic mass is 10.0. The van der Waals surface area contributed by atoms with Crippen molar-refractivity contribution < 1.29 is 0 Å². The third-order valence-electron chi connectivity index (χ3n) is 3.48. The summed E-state index contributed by atoms with van der Waals surface area (Å²) < 4.78 is 1.20. The van der Waals surface area contributed by atoms with E-state index in [-0.39, 0.29) is 0 Å². The Morgan fingerprint density at radius 3 is 2.88 bits per heavy atom. The van der Waals surface area contributed by atoms with Crippen molar-refractivity contribution in [1.82, 2.24) is 10.2 Å². The molecular weight excluding hydrogens is 276 g/mol. The van der Waals surface area contributed by atoms with Gasteiger partial charge >= 0.3 is 0 Å². The maximum atomic E-state index is 3.73. The number of likely N-dealkylation sites (tertiary alicyclic amines) is 1. The van der Waals surface area contributed by atoms with E-state index < -0.39 is 0 Å². The van der Waals surface area contributed by atoms with Crippen LogP contribution in [0.2, 0.25) is 0 Å². The number of nitrogens with zero attached hydrogens (tertiary/aromatic N) is 1. The molecule has 2 rings (SSSR count). The number of halogens is 1. The van der Waals surface area contributed by atoms with E-state index >= 15 is 0 Å². The minimum absolute atomic E-state index is 0.405. The molecule has 2 atom stereocenters. The van der Waals surface area contributed by atoms with Gasteiger partial charge in [-0.15, -0.1) is 0 Å². The Morgan fingerprint density at radius 1 is 1.41 bits per heavy atom. The molecule has 0 radical (unpaired) electrons. The summed E-state index contributed by atoms with van der Waals surface area (Å²) in [6.07, 6.45) is 2.59. The minimum atomic E-state index is 0.405. The average Bonchev–Trinajstić information content (AvgIpc) is 2.29. The summed E-state index contributed by atoms with van der Waals surface area (Å²) in [6, 6.07) is 9.49. The molecule has 1 fully saturated rings. The van der Waals surface area contributed by atoms with Gasteiger partial charge in [0.2, 0.25) is 0 Å². The van der Waals surface area contributed by atoms with Gasteiger partial charge in [-0.2, -0.15) is 0 Å². The number of benzene rings is 1. The van der Waals surface area contributed by atoms with Gasteiger partial charge in [0.25, 0.3) is 0 Å². The van der Waals surface area contributed by atoms with Crippen LogP contribution in [0.15, 0.2) is 28.7 Å². The fraction of sp³-hybridized carbons (Fsp3) is 0.571. The van der Waals surface area contributed by atoms with Gasteiger partial charge in [-0.1, -0.05) is 34.1 Å². The van der Waals surface area contributed by atoms with Crippen molar-refractivity contribution in [3.8, 4) is 0 Å². The molecule has 0 saturated carbocycles. The van der Waals surface area contributed by atoms with E-state index in [0.29, 0.717) is 12.1 Å². The molecule has 1 saturated heterocycles. The van der Waals surface area contributed by atoms with Crippen molar-refractivity contribution in [2.24, 2.45) is 0 Å². The Balaban J connectivity index is 1.97. The highest BCUT2D eigenvalue weighted by Crippen LogP contribution is 2.24. The third kappa shape index (κ3) is 3.54. The molecule has 1 heterocycles. The van der Waals surface area contributed by atoms with E-state index in [1.807, 2.05) is 0 Å². The summed E-state index contributed by atoms with van der Waals surface area (Å²) in [5.74, 6) is 0. The zero-order chi connectivity index (χ0) is 12.3. The van der Waals surface area contributed by atoms with Crippen LogP contribution in [-0.4, -0.2) is 31.1 Å². The van der Waals surface area contributed by atoms with Crippen molar-refractivity contribution in [3.63, 3.8) is 0 Å². The van der Waals surface area contributed by atoms with Gasteiger partial charge in [0.15, 0.2) is 0 Å². The van der Waals surface area contributed by atoms with Gasteiger partial charge in [0.1, 0.15) is 0 Å². The summed E-state index contributed by atoms with van der Waals surface area (Å²) in [6.45, 7) is 4.64. The highest BCUT2D eigenvalue weighted by molar-refractivity contribution is 9.10. The Labute approximate surface area is 113 Å². The van der Waals surface area contributed by atoms with Gasteiger partial charge in [0.05, 0.1) is 0 Å². The van der Waals surface area contributed by atoms with Crippen LogP contribution in [0.5, 0.6) is 0 Å². The van der Waals surface area contributed by atoms with Crippen LogP contribution in [-0.2, 0) is 0 Å². The highest BCUT2D eigenvalue weighted by Gasteiger charge is 2.19. The molecule has 0 amide bonds. The topological polar surface area (TPSA) is 15.3 Å². The van der Waals surface area contributed by atoms with Crippen LogP contribution in [0.3, 0.4) is 0 Å². The van der Waals surface area contributed by atoms with Crippen molar-refractivity contribution in [3.05, 3.63) is 34.3 Å². The van der Waals surface area contributed by atoms with Crippen LogP contribution in [0, 0.1) is 0 Å². The standard InChI is InChI=1S/C14H21BrN2/c1-11(13-7-3-4-8-14(13)15)16-12-6-5-9-17(2)10-12/h3-4,7-8,11-12,16H,5-6,9-10H2,1-2H3. The van der Waals surface area contributed by atoms with Crippen molar-refractivity contribution in [2.75, 3.05) is 20.1 Å².